The van der Waals surface area contributed by atoms with Gasteiger partial charge in [-0.05, 0) is 13.0 Å². The first kappa shape index (κ1) is 18.5. The number of rotatable bonds is 7. The van der Waals surface area contributed by atoms with E-state index in [1.54, 1.807) is 0 Å². The van der Waals surface area contributed by atoms with Crippen molar-refractivity contribution in [2.24, 2.45) is 0 Å². The molecule has 0 heterocycles. The SMILES string of the molecule is CC(=O)NCCN(C(=O)Cc1cccc(F)c1F)C(C)C(=O)O. The second-order valence-electron chi connectivity index (χ2n) is 4.97. The Bertz CT molecular complexity index is 607. The second kappa shape index (κ2) is 8.21. The molecule has 6 nitrogen and oxygen atoms in total. The van der Waals surface area contributed by atoms with E-state index >= 15 is 0 Å². The lowest BCUT2D eigenvalue weighted by Crippen LogP contribution is -2.47. The lowest BCUT2D eigenvalue weighted by molar-refractivity contribution is -0.149. The molecule has 126 valence electrons. The molecule has 0 aromatic heterocycles. The molecule has 1 rings (SSSR count). The Balaban J connectivity index is 2.87. The third-order valence-corrected chi connectivity index (χ3v) is 3.25. The van der Waals surface area contributed by atoms with Gasteiger partial charge in [-0.25, -0.2) is 13.6 Å². The Labute approximate surface area is 132 Å². The first-order valence-electron chi connectivity index (χ1n) is 6.93. The van der Waals surface area contributed by atoms with E-state index in [0.717, 1.165) is 11.0 Å². The minimum atomic E-state index is -1.24. The summed E-state index contributed by atoms with van der Waals surface area (Å²) in [5, 5.41) is 11.5. The van der Waals surface area contributed by atoms with Crippen molar-refractivity contribution in [2.75, 3.05) is 13.1 Å². The maximum absolute atomic E-state index is 13.6. The van der Waals surface area contributed by atoms with Gasteiger partial charge in [0.2, 0.25) is 11.8 Å². The standard InChI is InChI=1S/C15H18F2N2O4/c1-9(15(22)23)19(7-6-18-10(2)20)13(21)8-11-4-3-5-12(16)14(11)17/h3-5,9H,6-8H2,1-2H3,(H,18,20)(H,22,23). The Morgan fingerprint density at radius 1 is 1.30 bits per heavy atom. The van der Waals surface area contributed by atoms with E-state index < -0.39 is 36.0 Å². The third-order valence-electron chi connectivity index (χ3n) is 3.25. The van der Waals surface area contributed by atoms with Gasteiger partial charge in [-0.3, -0.25) is 9.59 Å². The normalized spacial score (nSPS) is 11.7. The van der Waals surface area contributed by atoms with Gasteiger partial charge in [-0.15, -0.1) is 0 Å². The lowest BCUT2D eigenvalue weighted by Gasteiger charge is -2.26. The summed E-state index contributed by atoms with van der Waals surface area (Å²) in [6, 6.07) is 2.29. The molecule has 0 aliphatic heterocycles. The summed E-state index contributed by atoms with van der Waals surface area (Å²) in [6.07, 6.45) is -0.471. The number of amides is 2. The van der Waals surface area contributed by atoms with E-state index in [0.29, 0.717) is 0 Å². The summed E-state index contributed by atoms with van der Waals surface area (Å²) < 4.78 is 26.8. The molecule has 0 aliphatic carbocycles. The van der Waals surface area contributed by atoms with Gasteiger partial charge < -0.3 is 15.3 Å². The molecule has 1 atom stereocenters. The molecule has 0 fully saturated rings. The second-order valence-corrected chi connectivity index (χ2v) is 4.97. The molecule has 0 bridgehead atoms. The van der Waals surface area contributed by atoms with Crippen LogP contribution >= 0.6 is 0 Å². The van der Waals surface area contributed by atoms with Gasteiger partial charge in [-0.1, -0.05) is 12.1 Å². The van der Waals surface area contributed by atoms with E-state index in [9.17, 15) is 23.2 Å². The van der Waals surface area contributed by atoms with Crippen LogP contribution in [0.5, 0.6) is 0 Å². The van der Waals surface area contributed by atoms with Crippen molar-refractivity contribution in [3.8, 4) is 0 Å². The molecule has 23 heavy (non-hydrogen) atoms. The molecule has 1 aromatic carbocycles. The van der Waals surface area contributed by atoms with E-state index in [1.165, 1.54) is 26.0 Å². The summed E-state index contributed by atoms with van der Waals surface area (Å²) in [5.74, 6) is -4.44. The summed E-state index contributed by atoms with van der Waals surface area (Å²) in [4.78, 5) is 35.2. The molecule has 2 amide bonds. The number of nitrogens with one attached hydrogen (secondary N) is 1. The van der Waals surface area contributed by atoms with Crippen molar-refractivity contribution in [1.29, 1.82) is 0 Å². The van der Waals surface area contributed by atoms with E-state index in [2.05, 4.69) is 5.32 Å². The number of benzene rings is 1. The predicted molar refractivity (Wildman–Crippen MR) is 77.6 cm³/mol. The maximum Gasteiger partial charge on any atom is 0.326 e. The van der Waals surface area contributed by atoms with Crippen LogP contribution in [0.4, 0.5) is 8.78 Å². The van der Waals surface area contributed by atoms with Crippen LogP contribution in [-0.4, -0.2) is 46.9 Å². The van der Waals surface area contributed by atoms with E-state index in [4.69, 9.17) is 5.11 Å². The van der Waals surface area contributed by atoms with E-state index in [1.807, 2.05) is 0 Å². The van der Waals surface area contributed by atoms with Crippen LogP contribution in [-0.2, 0) is 20.8 Å². The molecule has 0 spiro atoms. The van der Waals surface area contributed by atoms with Crippen molar-refractivity contribution in [2.45, 2.75) is 26.3 Å². The number of hydrogen-bond acceptors (Lipinski definition) is 3. The Morgan fingerprint density at radius 3 is 2.52 bits per heavy atom. The number of nitrogens with zero attached hydrogens (tertiary/aromatic N) is 1. The summed E-state index contributed by atoms with van der Waals surface area (Å²) >= 11 is 0. The monoisotopic (exact) mass is 328 g/mol. The molecular weight excluding hydrogens is 310 g/mol. The number of halogens is 2. The van der Waals surface area contributed by atoms with Gasteiger partial charge in [0, 0.05) is 25.6 Å². The van der Waals surface area contributed by atoms with Gasteiger partial charge in [0.25, 0.3) is 0 Å². The Morgan fingerprint density at radius 2 is 1.96 bits per heavy atom. The minimum absolute atomic E-state index is 0.0528. The number of carbonyl (C=O) groups excluding carboxylic acids is 2. The van der Waals surface area contributed by atoms with Crippen molar-refractivity contribution in [3.63, 3.8) is 0 Å². The number of aliphatic carboxylic acids is 1. The highest BCUT2D eigenvalue weighted by Gasteiger charge is 2.26. The predicted octanol–water partition coefficient (Wildman–Crippen LogP) is 0.945. The minimum Gasteiger partial charge on any atom is -0.480 e. The van der Waals surface area contributed by atoms with Crippen LogP contribution in [0.25, 0.3) is 0 Å². The Hall–Kier alpha value is -2.51. The fourth-order valence-electron chi connectivity index (χ4n) is 1.97. The molecule has 0 radical (unpaired) electrons. The number of hydrogen-bond donors (Lipinski definition) is 2. The smallest absolute Gasteiger partial charge is 0.326 e. The van der Waals surface area contributed by atoms with Gasteiger partial charge in [0.05, 0.1) is 6.42 Å². The van der Waals surface area contributed by atoms with Crippen LogP contribution in [0, 0.1) is 11.6 Å². The van der Waals surface area contributed by atoms with Crippen LogP contribution in [0.15, 0.2) is 18.2 Å². The highest BCUT2D eigenvalue weighted by molar-refractivity contribution is 5.85. The van der Waals surface area contributed by atoms with Gasteiger partial charge in [-0.2, -0.15) is 0 Å². The highest BCUT2D eigenvalue weighted by atomic mass is 19.2. The van der Waals surface area contributed by atoms with Crippen LogP contribution in [0.2, 0.25) is 0 Å². The zero-order valence-electron chi connectivity index (χ0n) is 12.8. The van der Waals surface area contributed by atoms with Crippen molar-refractivity contribution < 1.29 is 28.3 Å². The number of carbonyl (C=O) groups is 3. The average Bonchev–Trinajstić information content (AvgIpc) is 2.47. The molecule has 0 saturated carbocycles. The van der Waals surface area contributed by atoms with Crippen molar-refractivity contribution in [1.82, 2.24) is 10.2 Å². The van der Waals surface area contributed by atoms with Crippen molar-refractivity contribution >= 4 is 17.8 Å². The maximum atomic E-state index is 13.6. The molecule has 1 unspecified atom stereocenters. The summed E-state index contributed by atoms with van der Waals surface area (Å²) in [7, 11) is 0. The number of carboxylic acids is 1. The number of carboxylic acid groups (broad SMARTS) is 1. The first-order valence-corrected chi connectivity index (χ1v) is 6.93. The van der Waals surface area contributed by atoms with Crippen LogP contribution in [0.1, 0.15) is 19.4 Å². The summed E-state index contributed by atoms with van der Waals surface area (Å²) in [6.45, 7) is 2.60. The van der Waals surface area contributed by atoms with Gasteiger partial charge >= 0.3 is 5.97 Å². The Kier molecular flexibility index (Phi) is 6.62. The highest BCUT2D eigenvalue weighted by Crippen LogP contribution is 2.14. The lowest BCUT2D eigenvalue weighted by atomic mass is 10.1. The topological polar surface area (TPSA) is 86.7 Å². The zero-order chi connectivity index (χ0) is 17.6. The van der Waals surface area contributed by atoms with Gasteiger partial charge in [0.15, 0.2) is 11.6 Å². The molecule has 0 aliphatic rings. The third kappa shape index (κ3) is 5.32. The molecule has 2 N–H and O–H groups in total. The quantitative estimate of drug-likeness (QED) is 0.780. The fourth-order valence-corrected chi connectivity index (χ4v) is 1.97. The summed E-state index contributed by atoms with van der Waals surface area (Å²) in [5.41, 5.74) is -0.155. The molecule has 8 heteroatoms. The fraction of sp³-hybridized carbons (Fsp3) is 0.400. The van der Waals surface area contributed by atoms with Gasteiger partial charge in [0.1, 0.15) is 6.04 Å². The molecule has 1 aromatic rings. The van der Waals surface area contributed by atoms with Crippen LogP contribution < -0.4 is 5.32 Å². The molecular formula is C15H18F2N2O4. The van der Waals surface area contributed by atoms with Crippen molar-refractivity contribution in [3.05, 3.63) is 35.4 Å². The zero-order valence-corrected chi connectivity index (χ0v) is 12.8. The first-order chi connectivity index (χ1) is 10.7. The largest absolute Gasteiger partial charge is 0.480 e. The molecule has 0 saturated heterocycles. The van der Waals surface area contributed by atoms with Crippen LogP contribution in [0.3, 0.4) is 0 Å². The van der Waals surface area contributed by atoms with E-state index in [-0.39, 0.29) is 24.6 Å². The average molecular weight is 328 g/mol.